The second-order valence-corrected chi connectivity index (χ2v) is 8.47. The fraction of sp³-hybridized carbons (Fsp3) is 0.400. The summed E-state index contributed by atoms with van der Waals surface area (Å²) in [6.45, 7) is 4.22. The number of nitrogens with one attached hydrogen (secondary N) is 1. The molecule has 1 atom stereocenters. The van der Waals surface area contributed by atoms with E-state index in [1.54, 1.807) is 7.11 Å². The molecule has 170 valence electrons. The van der Waals surface area contributed by atoms with Crippen LogP contribution in [0.15, 0.2) is 54.7 Å². The van der Waals surface area contributed by atoms with Crippen LogP contribution in [0.2, 0.25) is 0 Å². The Morgan fingerprint density at radius 2 is 2.00 bits per heavy atom. The van der Waals surface area contributed by atoms with E-state index in [0.29, 0.717) is 18.0 Å². The van der Waals surface area contributed by atoms with Crippen molar-refractivity contribution in [3.05, 3.63) is 77.1 Å². The summed E-state index contributed by atoms with van der Waals surface area (Å²) in [7, 11) is 3.64. The molecule has 1 aromatic heterocycles. The normalized spacial score (nSPS) is 14.9. The Balaban J connectivity index is 1.31. The predicted molar refractivity (Wildman–Crippen MR) is 124 cm³/mol. The number of benzene rings is 2. The van der Waals surface area contributed by atoms with Gasteiger partial charge in [-0.25, -0.2) is 0 Å². The van der Waals surface area contributed by atoms with Gasteiger partial charge in [0.05, 0.1) is 13.3 Å². The molecule has 0 bridgehead atoms. The number of aromatic nitrogens is 2. The van der Waals surface area contributed by atoms with Gasteiger partial charge in [0.1, 0.15) is 12.7 Å². The molecule has 2 heterocycles. The summed E-state index contributed by atoms with van der Waals surface area (Å²) in [5, 5.41) is 17.7. The molecule has 4 rings (SSSR count). The first kappa shape index (κ1) is 22.3. The minimum atomic E-state index is -0.598. The van der Waals surface area contributed by atoms with Crippen molar-refractivity contribution < 1.29 is 14.6 Å². The van der Waals surface area contributed by atoms with Gasteiger partial charge >= 0.3 is 0 Å². The highest BCUT2D eigenvalue weighted by molar-refractivity contribution is 5.43. The van der Waals surface area contributed by atoms with Crippen molar-refractivity contribution in [3.63, 3.8) is 0 Å². The first-order valence-corrected chi connectivity index (χ1v) is 11.0. The third-order valence-electron chi connectivity index (χ3n) is 5.76. The molecule has 32 heavy (non-hydrogen) atoms. The number of methoxy groups -OCH3 is 1. The molecule has 0 aliphatic carbocycles. The highest BCUT2D eigenvalue weighted by Gasteiger charge is 2.19. The number of ether oxygens (including phenoxy) is 2. The van der Waals surface area contributed by atoms with Crippen LogP contribution in [0.1, 0.15) is 22.4 Å². The second-order valence-electron chi connectivity index (χ2n) is 8.47. The Hall–Kier alpha value is -2.87. The second kappa shape index (κ2) is 10.6. The first-order chi connectivity index (χ1) is 15.6. The Labute approximate surface area is 189 Å². The van der Waals surface area contributed by atoms with Gasteiger partial charge < -0.3 is 14.6 Å². The molecule has 3 aromatic rings. The molecular formula is C25H32N4O3. The van der Waals surface area contributed by atoms with Gasteiger partial charge in [-0.3, -0.25) is 14.9 Å². The Kier molecular flexibility index (Phi) is 7.42. The number of rotatable bonds is 10. The fourth-order valence-electron chi connectivity index (χ4n) is 4.16. The Bertz CT molecular complexity index is 992. The summed E-state index contributed by atoms with van der Waals surface area (Å²) in [4.78, 5) is 4.49. The van der Waals surface area contributed by atoms with Crippen LogP contribution in [0.3, 0.4) is 0 Å². The van der Waals surface area contributed by atoms with Gasteiger partial charge in [-0.15, -0.1) is 0 Å². The van der Waals surface area contributed by atoms with Crippen molar-refractivity contribution in [1.82, 2.24) is 20.0 Å². The van der Waals surface area contributed by atoms with E-state index in [2.05, 4.69) is 38.2 Å². The van der Waals surface area contributed by atoms with Crippen LogP contribution in [-0.4, -0.2) is 65.1 Å². The van der Waals surface area contributed by atoms with E-state index in [-0.39, 0.29) is 6.61 Å². The lowest BCUT2D eigenvalue weighted by atomic mass is 10.1. The molecule has 2 aromatic carbocycles. The van der Waals surface area contributed by atoms with Gasteiger partial charge in [-0.05, 0) is 30.3 Å². The smallest absolute Gasteiger partial charge is 0.161 e. The minimum Gasteiger partial charge on any atom is -0.493 e. The monoisotopic (exact) mass is 436 g/mol. The maximum Gasteiger partial charge on any atom is 0.161 e. The number of aliphatic hydroxyl groups is 1. The third-order valence-corrected chi connectivity index (χ3v) is 5.76. The van der Waals surface area contributed by atoms with Gasteiger partial charge in [0.15, 0.2) is 11.5 Å². The molecule has 2 N–H and O–H groups in total. The standard InChI is InChI=1S/C25H32N4O3/c1-28(14-19-6-4-3-5-7-19)17-22(30)18-32-25-12-20(8-9-24(25)31-2)15-29-11-10-23-21(16-29)13-26-27-23/h3-9,12-13,22,30H,10-11,14-18H2,1-2H3,(H,26,27). The van der Waals surface area contributed by atoms with Gasteiger partial charge in [-0.1, -0.05) is 36.4 Å². The number of nitrogens with zero attached hydrogens (tertiary/aromatic N) is 3. The van der Waals surface area contributed by atoms with E-state index in [1.165, 1.54) is 16.8 Å². The van der Waals surface area contributed by atoms with Crippen LogP contribution in [0.5, 0.6) is 11.5 Å². The van der Waals surface area contributed by atoms with E-state index < -0.39 is 6.10 Å². The van der Waals surface area contributed by atoms with Gasteiger partial charge in [0, 0.05) is 50.4 Å². The van der Waals surface area contributed by atoms with E-state index in [9.17, 15) is 5.11 Å². The fourth-order valence-corrected chi connectivity index (χ4v) is 4.16. The SMILES string of the molecule is COc1ccc(CN2CCc3[nH]ncc3C2)cc1OCC(O)CN(C)Cc1ccccc1. The minimum absolute atomic E-state index is 0.209. The number of likely N-dealkylation sites (N-methyl/N-ethyl adjacent to an activating group) is 1. The highest BCUT2D eigenvalue weighted by atomic mass is 16.5. The van der Waals surface area contributed by atoms with Gasteiger partial charge in [0.25, 0.3) is 0 Å². The van der Waals surface area contributed by atoms with E-state index in [1.807, 2.05) is 43.6 Å². The maximum absolute atomic E-state index is 10.5. The Morgan fingerprint density at radius 3 is 2.81 bits per heavy atom. The first-order valence-electron chi connectivity index (χ1n) is 11.0. The molecule has 7 nitrogen and oxygen atoms in total. The quantitative estimate of drug-likeness (QED) is 0.509. The Morgan fingerprint density at radius 1 is 1.16 bits per heavy atom. The summed E-state index contributed by atoms with van der Waals surface area (Å²) >= 11 is 0. The largest absolute Gasteiger partial charge is 0.493 e. The van der Waals surface area contributed by atoms with Crippen molar-refractivity contribution in [1.29, 1.82) is 0 Å². The molecular weight excluding hydrogens is 404 g/mol. The summed E-state index contributed by atoms with van der Waals surface area (Å²) in [6, 6.07) is 16.3. The molecule has 7 heteroatoms. The van der Waals surface area contributed by atoms with Crippen LogP contribution in [0, 0.1) is 0 Å². The van der Waals surface area contributed by atoms with Crippen molar-refractivity contribution in [3.8, 4) is 11.5 Å². The highest BCUT2D eigenvalue weighted by Crippen LogP contribution is 2.29. The number of H-pyrrole nitrogens is 1. The molecule has 1 unspecified atom stereocenters. The average Bonchev–Trinajstić information content (AvgIpc) is 3.26. The number of fused-ring (bicyclic) bond motifs is 1. The van der Waals surface area contributed by atoms with Crippen LogP contribution in [0.25, 0.3) is 0 Å². The maximum atomic E-state index is 10.5. The third kappa shape index (κ3) is 5.88. The summed E-state index contributed by atoms with van der Waals surface area (Å²) in [6.07, 6.45) is 2.30. The zero-order valence-corrected chi connectivity index (χ0v) is 18.8. The molecule has 0 saturated carbocycles. The zero-order chi connectivity index (χ0) is 22.3. The lowest BCUT2D eigenvalue weighted by Gasteiger charge is -2.26. The van der Waals surface area contributed by atoms with Gasteiger partial charge in [-0.2, -0.15) is 5.10 Å². The topological polar surface area (TPSA) is 73.8 Å². The van der Waals surface area contributed by atoms with E-state index in [4.69, 9.17) is 9.47 Å². The van der Waals surface area contributed by atoms with Crippen LogP contribution in [0.4, 0.5) is 0 Å². The van der Waals surface area contributed by atoms with Crippen molar-refractivity contribution in [2.24, 2.45) is 0 Å². The van der Waals surface area contributed by atoms with Crippen molar-refractivity contribution in [2.75, 3.05) is 33.9 Å². The molecule has 1 aliphatic rings. The van der Waals surface area contributed by atoms with Crippen LogP contribution in [-0.2, 0) is 26.1 Å². The number of hydrogen-bond acceptors (Lipinski definition) is 6. The zero-order valence-electron chi connectivity index (χ0n) is 18.8. The van der Waals surface area contributed by atoms with Gasteiger partial charge in [0.2, 0.25) is 0 Å². The van der Waals surface area contributed by atoms with E-state index >= 15 is 0 Å². The molecule has 0 radical (unpaired) electrons. The van der Waals surface area contributed by atoms with Crippen molar-refractivity contribution >= 4 is 0 Å². The summed E-state index contributed by atoms with van der Waals surface area (Å²) in [5.74, 6) is 1.34. The molecule has 1 aliphatic heterocycles. The van der Waals surface area contributed by atoms with Crippen LogP contribution >= 0.6 is 0 Å². The number of aromatic amines is 1. The summed E-state index contributed by atoms with van der Waals surface area (Å²) in [5.41, 5.74) is 4.89. The van der Waals surface area contributed by atoms with Crippen LogP contribution < -0.4 is 9.47 Å². The van der Waals surface area contributed by atoms with E-state index in [0.717, 1.165) is 38.2 Å². The number of aliphatic hydroxyl groups excluding tert-OH is 1. The average molecular weight is 437 g/mol. The van der Waals surface area contributed by atoms with Crippen molar-refractivity contribution in [2.45, 2.75) is 32.2 Å². The summed E-state index contributed by atoms with van der Waals surface area (Å²) < 4.78 is 11.5. The molecule has 0 amide bonds. The lowest BCUT2D eigenvalue weighted by molar-refractivity contribution is 0.0732. The number of hydrogen-bond donors (Lipinski definition) is 2. The molecule has 0 fully saturated rings. The molecule has 0 spiro atoms. The predicted octanol–water partition coefficient (Wildman–Crippen LogP) is 2.85. The molecule has 0 saturated heterocycles. The lowest BCUT2D eigenvalue weighted by Crippen LogP contribution is -2.32.